The number of carbonyl (C=O) groups excluding carboxylic acids is 1. The Balaban J connectivity index is 1.79. The van der Waals surface area contributed by atoms with Crippen molar-refractivity contribution in [2.24, 2.45) is 0 Å². The zero-order chi connectivity index (χ0) is 20.1. The van der Waals surface area contributed by atoms with Gasteiger partial charge < -0.3 is 15.3 Å². The number of carboxylic acids is 1. The number of nitrogens with one attached hydrogen (secondary N) is 1. The summed E-state index contributed by atoms with van der Waals surface area (Å²) in [6.45, 7) is 1.48. The minimum absolute atomic E-state index is 0.0639. The summed E-state index contributed by atoms with van der Waals surface area (Å²) >= 11 is 0. The number of nitro groups is 1. The number of nitro benzene ring substituents is 1. The van der Waals surface area contributed by atoms with Gasteiger partial charge in [0.25, 0.3) is 11.6 Å². The standard InChI is InChI=1S/C20H21N3O5/c24-19(21-16(20(25)26)12-14-6-2-1-3-7-14)15-8-9-17(18(13-15)23(27)28)22-10-4-5-11-22/h1-3,6-9,13,16H,4-5,10-12H2,(H,21,24)(H,25,26)/t16-/m0/s1. The van der Waals surface area contributed by atoms with Crippen LogP contribution in [0, 0.1) is 10.1 Å². The molecule has 146 valence electrons. The molecule has 1 heterocycles. The van der Waals surface area contributed by atoms with Crippen LogP contribution in [0.1, 0.15) is 28.8 Å². The molecule has 0 unspecified atom stereocenters. The Morgan fingerprint density at radius 1 is 1.14 bits per heavy atom. The normalized spacial score (nSPS) is 14.5. The fourth-order valence-electron chi connectivity index (χ4n) is 3.33. The van der Waals surface area contributed by atoms with Crippen LogP contribution in [-0.4, -0.2) is 41.0 Å². The van der Waals surface area contributed by atoms with Gasteiger partial charge >= 0.3 is 5.97 Å². The summed E-state index contributed by atoms with van der Waals surface area (Å²) in [7, 11) is 0. The van der Waals surface area contributed by atoms with E-state index >= 15 is 0 Å². The van der Waals surface area contributed by atoms with E-state index in [1.807, 2.05) is 11.0 Å². The van der Waals surface area contributed by atoms with E-state index in [0.29, 0.717) is 5.69 Å². The molecule has 0 radical (unpaired) electrons. The second kappa shape index (κ2) is 8.51. The summed E-state index contributed by atoms with van der Waals surface area (Å²) < 4.78 is 0. The van der Waals surface area contributed by atoms with Gasteiger partial charge in [0.15, 0.2) is 0 Å². The molecule has 2 aromatic rings. The highest BCUT2D eigenvalue weighted by atomic mass is 16.6. The highest BCUT2D eigenvalue weighted by Gasteiger charge is 2.26. The predicted molar refractivity (Wildman–Crippen MR) is 104 cm³/mol. The summed E-state index contributed by atoms with van der Waals surface area (Å²) in [6.07, 6.45) is 2.06. The number of rotatable bonds is 7. The number of carboxylic acid groups (broad SMARTS) is 1. The average Bonchev–Trinajstić information content (AvgIpc) is 3.22. The maximum atomic E-state index is 12.5. The van der Waals surface area contributed by atoms with Crippen LogP contribution in [0.3, 0.4) is 0 Å². The van der Waals surface area contributed by atoms with Gasteiger partial charge in [0.2, 0.25) is 0 Å². The van der Waals surface area contributed by atoms with Crippen LogP contribution < -0.4 is 10.2 Å². The molecule has 0 aromatic heterocycles. The zero-order valence-electron chi connectivity index (χ0n) is 15.2. The highest BCUT2D eigenvalue weighted by molar-refractivity contribution is 5.98. The summed E-state index contributed by atoms with van der Waals surface area (Å²) in [4.78, 5) is 37.0. The van der Waals surface area contributed by atoms with Gasteiger partial charge in [-0.1, -0.05) is 30.3 Å². The molecular weight excluding hydrogens is 362 g/mol. The number of aliphatic carboxylic acids is 1. The lowest BCUT2D eigenvalue weighted by molar-refractivity contribution is -0.384. The first-order valence-electron chi connectivity index (χ1n) is 9.06. The van der Waals surface area contributed by atoms with Crippen LogP contribution in [0.2, 0.25) is 0 Å². The first-order chi connectivity index (χ1) is 13.5. The van der Waals surface area contributed by atoms with Gasteiger partial charge in [-0.2, -0.15) is 0 Å². The summed E-state index contributed by atoms with van der Waals surface area (Å²) in [6, 6.07) is 12.1. The molecule has 1 saturated heterocycles. The van der Waals surface area contributed by atoms with Gasteiger partial charge in [-0.25, -0.2) is 4.79 Å². The lowest BCUT2D eigenvalue weighted by Crippen LogP contribution is -2.42. The maximum Gasteiger partial charge on any atom is 0.326 e. The Morgan fingerprint density at radius 2 is 1.82 bits per heavy atom. The van der Waals surface area contributed by atoms with E-state index in [0.717, 1.165) is 31.5 Å². The third kappa shape index (κ3) is 4.46. The van der Waals surface area contributed by atoms with Crippen LogP contribution in [0.15, 0.2) is 48.5 Å². The topological polar surface area (TPSA) is 113 Å². The molecule has 2 aromatic carbocycles. The fraction of sp³-hybridized carbons (Fsp3) is 0.300. The van der Waals surface area contributed by atoms with Crippen LogP contribution in [0.5, 0.6) is 0 Å². The minimum Gasteiger partial charge on any atom is -0.480 e. The Hall–Kier alpha value is -3.42. The van der Waals surface area contributed by atoms with E-state index in [2.05, 4.69) is 5.32 Å². The van der Waals surface area contributed by atoms with Crippen LogP contribution >= 0.6 is 0 Å². The smallest absolute Gasteiger partial charge is 0.326 e. The largest absolute Gasteiger partial charge is 0.480 e. The van der Waals surface area contributed by atoms with Gasteiger partial charge in [0, 0.05) is 31.1 Å². The molecule has 8 nitrogen and oxygen atoms in total. The summed E-state index contributed by atoms with van der Waals surface area (Å²) in [5.74, 6) is -1.82. The summed E-state index contributed by atoms with van der Waals surface area (Å²) in [5, 5.41) is 23.4. The van der Waals surface area contributed by atoms with Gasteiger partial charge in [-0.15, -0.1) is 0 Å². The molecule has 0 saturated carbocycles. The van der Waals surface area contributed by atoms with Crippen molar-refractivity contribution in [3.05, 3.63) is 69.8 Å². The Kier molecular flexibility index (Phi) is 5.88. The number of hydrogen-bond acceptors (Lipinski definition) is 5. The number of anilines is 1. The van der Waals surface area contributed by atoms with E-state index in [4.69, 9.17) is 0 Å². The van der Waals surface area contributed by atoms with Crippen LogP contribution in [-0.2, 0) is 11.2 Å². The quantitative estimate of drug-likeness (QED) is 0.561. The van der Waals surface area contributed by atoms with Gasteiger partial charge in [-0.05, 0) is 30.5 Å². The number of amides is 1. The Bertz CT molecular complexity index is 879. The van der Waals surface area contributed by atoms with Crippen LogP contribution in [0.25, 0.3) is 0 Å². The molecule has 1 atom stereocenters. The second-order valence-corrected chi connectivity index (χ2v) is 6.71. The monoisotopic (exact) mass is 383 g/mol. The van der Waals surface area contributed by atoms with Crippen LogP contribution in [0.4, 0.5) is 11.4 Å². The van der Waals surface area contributed by atoms with Crippen molar-refractivity contribution in [1.82, 2.24) is 5.32 Å². The highest BCUT2D eigenvalue weighted by Crippen LogP contribution is 2.31. The van der Waals surface area contributed by atoms with Crippen molar-refractivity contribution < 1.29 is 19.6 Å². The van der Waals surface area contributed by atoms with Crippen molar-refractivity contribution in [1.29, 1.82) is 0 Å². The molecule has 0 bridgehead atoms. The molecule has 8 heteroatoms. The first-order valence-corrected chi connectivity index (χ1v) is 9.06. The molecule has 1 amide bonds. The Labute approximate surface area is 161 Å². The molecule has 28 heavy (non-hydrogen) atoms. The lowest BCUT2D eigenvalue weighted by atomic mass is 10.1. The van der Waals surface area contributed by atoms with E-state index in [9.17, 15) is 24.8 Å². The second-order valence-electron chi connectivity index (χ2n) is 6.71. The van der Waals surface area contributed by atoms with Crippen molar-refractivity contribution in [3.63, 3.8) is 0 Å². The van der Waals surface area contributed by atoms with E-state index in [-0.39, 0.29) is 17.7 Å². The average molecular weight is 383 g/mol. The fourth-order valence-corrected chi connectivity index (χ4v) is 3.33. The molecule has 1 fully saturated rings. The van der Waals surface area contributed by atoms with E-state index < -0.39 is 22.8 Å². The number of carbonyl (C=O) groups is 2. The molecule has 2 N–H and O–H groups in total. The lowest BCUT2D eigenvalue weighted by Gasteiger charge is -2.18. The van der Waals surface area contributed by atoms with Gasteiger partial charge in [-0.3, -0.25) is 14.9 Å². The number of benzene rings is 2. The molecule has 0 aliphatic carbocycles. The predicted octanol–water partition coefficient (Wildman–Crippen LogP) is 2.62. The molecule has 1 aliphatic rings. The molecule has 3 rings (SSSR count). The molecular formula is C20H21N3O5. The van der Waals surface area contributed by atoms with Gasteiger partial charge in [0.05, 0.1) is 4.92 Å². The first kappa shape index (κ1) is 19.3. The third-order valence-corrected chi connectivity index (χ3v) is 4.77. The third-order valence-electron chi connectivity index (χ3n) is 4.77. The Morgan fingerprint density at radius 3 is 2.43 bits per heavy atom. The van der Waals surface area contributed by atoms with Crippen molar-refractivity contribution in [2.75, 3.05) is 18.0 Å². The zero-order valence-corrected chi connectivity index (χ0v) is 15.2. The van der Waals surface area contributed by atoms with Gasteiger partial charge in [0.1, 0.15) is 11.7 Å². The number of nitrogens with zero attached hydrogens (tertiary/aromatic N) is 2. The maximum absolute atomic E-state index is 12.5. The van der Waals surface area contributed by atoms with Crippen molar-refractivity contribution in [3.8, 4) is 0 Å². The molecule has 1 aliphatic heterocycles. The SMILES string of the molecule is O=C(N[C@@H](Cc1ccccc1)C(=O)O)c1ccc(N2CCCC2)c([N+](=O)[O-])c1. The van der Waals surface area contributed by atoms with Crippen molar-refractivity contribution in [2.45, 2.75) is 25.3 Å². The van der Waals surface area contributed by atoms with E-state index in [1.165, 1.54) is 12.1 Å². The molecule has 0 spiro atoms. The summed E-state index contributed by atoms with van der Waals surface area (Å²) in [5.41, 5.74) is 1.17. The number of hydrogen-bond donors (Lipinski definition) is 2. The minimum atomic E-state index is -1.17. The van der Waals surface area contributed by atoms with E-state index in [1.54, 1.807) is 30.3 Å². The van der Waals surface area contributed by atoms with Crippen molar-refractivity contribution >= 4 is 23.3 Å².